The second-order valence-corrected chi connectivity index (χ2v) is 6.09. The van der Waals surface area contributed by atoms with E-state index in [4.69, 9.17) is 23.2 Å². The van der Waals surface area contributed by atoms with E-state index in [0.29, 0.717) is 15.6 Å². The molecule has 3 rings (SSSR count). The first-order valence-electron chi connectivity index (χ1n) is 7.25. The van der Waals surface area contributed by atoms with Crippen molar-refractivity contribution in [1.82, 2.24) is 20.1 Å². The highest BCUT2D eigenvalue weighted by atomic mass is 35.5. The molecule has 3 aromatic rings. The molecule has 0 fully saturated rings. The average Bonchev–Trinajstić information content (AvgIpc) is 3.11. The van der Waals surface area contributed by atoms with Gasteiger partial charge in [0.2, 0.25) is 0 Å². The van der Waals surface area contributed by atoms with Crippen LogP contribution in [0.5, 0.6) is 0 Å². The third kappa shape index (κ3) is 3.58. The minimum Gasteiger partial charge on any atom is -0.345 e. The summed E-state index contributed by atoms with van der Waals surface area (Å²) in [6.07, 6.45) is 3.10. The Balaban J connectivity index is 1.73. The van der Waals surface area contributed by atoms with Gasteiger partial charge < -0.3 is 5.32 Å². The highest BCUT2D eigenvalue weighted by Crippen LogP contribution is 2.22. The molecular formula is C17H14Cl2N4O. The smallest absolute Gasteiger partial charge is 0.253 e. The molecule has 1 N–H and O–H groups in total. The van der Waals surface area contributed by atoms with Gasteiger partial charge in [0.15, 0.2) is 0 Å². The first-order valence-corrected chi connectivity index (χ1v) is 8.01. The molecular weight excluding hydrogens is 347 g/mol. The minimum atomic E-state index is -0.268. The van der Waals surface area contributed by atoms with Crippen molar-refractivity contribution in [2.45, 2.75) is 13.0 Å². The molecule has 0 radical (unpaired) electrons. The first-order chi connectivity index (χ1) is 11.5. The number of aromatic nitrogens is 3. The highest BCUT2D eigenvalue weighted by Gasteiger charge is 2.15. The van der Waals surface area contributed by atoms with Gasteiger partial charge in [-0.1, -0.05) is 35.3 Å². The lowest BCUT2D eigenvalue weighted by Crippen LogP contribution is -2.26. The molecule has 7 heteroatoms. The van der Waals surface area contributed by atoms with Gasteiger partial charge in [0.25, 0.3) is 5.91 Å². The topological polar surface area (TPSA) is 59.8 Å². The van der Waals surface area contributed by atoms with Crippen LogP contribution in [0.25, 0.3) is 5.69 Å². The van der Waals surface area contributed by atoms with Gasteiger partial charge in [-0.3, -0.25) is 4.79 Å². The van der Waals surface area contributed by atoms with Gasteiger partial charge in [0.05, 0.1) is 22.3 Å². The Labute approximate surface area is 149 Å². The van der Waals surface area contributed by atoms with Crippen LogP contribution in [-0.2, 0) is 0 Å². The maximum atomic E-state index is 12.4. The largest absolute Gasteiger partial charge is 0.345 e. The molecule has 0 bridgehead atoms. The SMILES string of the molecule is CC(NC(=O)c1cc(Cl)ccc1Cl)c1ccc(-n2cncn2)cc1. The molecule has 5 nitrogen and oxygen atoms in total. The molecule has 0 aliphatic carbocycles. The Morgan fingerprint density at radius 2 is 1.92 bits per heavy atom. The van der Waals surface area contributed by atoms with Gasteiger partial charge in [0, 0.05) is 5.02 Å². The van der Waals surface area contributed by atoms with Crippen LogP contribution in [0.3, 0.4) is 0 Å². The van der Waals surface area contributed by atoms with Crippen LogP contribution in [0.4, 0.5) is 0 Å². The summed E-state index contributed by atoms with van der Waals surface area (Å²) in [6, 6.07) is 12.3. The fraction of sp³-hybridized carbons (Fsp3) is 0.118. The summed E-state index contributed by atoms with van der Waals surface area (Å²) >= 11 is 12.0. The lowest BCUT2D eigenvalue weighted by molar-refractivity contribution is 0.0940. The molecule has 0 saturated heterocycles. The summed E-state index contributed by atoms with van der Waals surface area (Å²) in [5, 5.41) is 7.83. The van der Waals surface area contributed by atoms with Gasteiger partial charge in [-0.05, 0) is 42.8 Å². The van der Waals surface area contributed by atoms with Crippen molar-refractivity contribution < 1.29 is 4.79 Å². The summed E-state index contributed by atoms with van der Waals surface area (Å²) < 4.78 is 1.67. The zero-order valence-corrected chi connectivity index (χ0v) is 14.3. The van der Waals surface area contributed by atoms with Crippen molar-refractivity contribution >= 4 is 29.1 Å². The van der Waals surface area contributed by atoms with E-state index in [1.807, 2.05) is 31.2 Å². The van der Waals surface area contributed by atoms with Crippen LogP contribution in [0, 0.1) is 0 Å². The number of hydrogen-bond donors (Lipinski definition) is 1. The van der Waals surface area contributed by atoms with Crippen LogP contribution in [0.15, 0.2) is 55.1 Å². The lowest BCUT2D eigenvalue weighted by Gasteiger charge is -2.15. The molecule has 1 atom stereocenters. The zero-order valence-electron chi connectivity index (χ0n) is 12.8. The molecule has 0 spiro atoms. The predicted molar refractivity (Wildman–Crippen MR) is 93.7 cm³/mol. The van der Waals surface area contributed by atoms with E-state index in [-0.39, 0.29) is 11.9 Å². The van der Waals surface area contributed by atoms with E-state index in [1.165, 1.54) is 6.33 Å². The van der Waals surface area contributed by atoms with Crippen molar-refractivity contribution in [2.24, 2.45) is 0 Å². The standard InChI is InChI=1S/C17H14Cl2N4O/c1-11(22-17(24)15-8-13(18)4-7-16(15)19)12-2-5-14(6-3-12)23-10-20-9-21-23/h2-11H,1H3,(H,22,24). The van der Waals surface area contributed by atoms with E-state index in [2.05, 4.69) is 15.4 Å². The zero-order chi connectivity index (χ0) is 17.1. The van der Waals surface area contributed by atoms with Gasteiger partial charge in [-0.25, -0.2) is 9.67 Å². The minimum absolute atomic E-state index is 0.183. The lowest BCUT2D eigenvalue weighted by atomic mass is 10.1. The van der Waals surface area contributed by atoms with E-state index in [1.54, 1.807) is 29.2 Å². The summed E-state index contributed by atoms with van der Waals surface area (Å²) in [5.41, 5.74) is 2.22. The fourth-order valence-corrected chi connectivity index (χ4v) is 2.66. The van der Waals surface area contributed by atoms with Crippen LogP contribution in [-0.4, -0.2) is 20.7 Å². The van der Waals surface area contributed by atoms with Crippen molar-refractivity contribution in [2.75, 3.05) is 0 Å². The Hall–Kier alpha value is -2.37. The Morgan fingerprint density at radius 3 is 2.58 bits per heavy atom. The first kappa shape index (κ1) is 16.5. The maximum Gasteiger partial charge on any atom is 0.253 e. The quantitative estimate of drug-likeness (QED) is 0.762. The molecule has 1 unspecified atom stereocenters. The van der Waals surface area contributed by atoms with E-state index < -0.39 is 0 Å². The summed E-state index contributed by atoms with van der Waals surface area (Å²) in [4.78, 5) is 16.3. The molecule has 0 aliphatic heterocycles. The second kappa shape index (κ2) is 7.03. The Bertz CT molecular complexity index is 848. The summed E-state index contributed by atoms with van der Waals surface area (Å²) in [7, 11) is 0. The number of amides is 1. The van der Waals surface area contributed by atoms with Crippen LogP contribution >= 0.6 is 23.2 Å². The normalized spacial score (nSPS) is 12.0. The van der Waals surface area contributed by atoms with Crippen molar-refractivity contribution in [3.8, 4) is 5.69 Å². The van der Waals surface area contributed by atoms with E-state index in [0.717, 1.165) is 11.3 Å². The van der Waals surface area contributed by atoms with Crippen LogP contribution in [0.2, 0.25) is 10.0 Å². The summed E-state index contributed by atoms with van der Waals surface area (Å²) in [5.74, 6) is -0.268. The molecule has 122 valence electrons. The van der Waals surface area contributed by atoms with Crippen LogP contribution < -0.4 is 5.32 Å². The van der Waals surface area contributed by atoms with Crippen molar-refractivity contribution in [3.05, 3.63) is 76.3 Å². The van der Waals surface area contributed by atoms with E-state index >= 15 is 0 Å². The van der Waals surface area contributed by atoms with Crippen molar-refractivity contribution in [1.29, 1.82) is 0 Å². The maximum absolute atomic E-state index is 12.4. The van der Waals surface area contributed by atoms with Crippen LogP contribution in [0.1, 0.15) is 28.9 Å². The van der Waals surface area contributed by atoms with E-state index in [9.17, 15) is 4.79 Å². The highest BCUT2D eigenvalue weighted by molar-refractivity contribution is 6.35. The molecule has 24 heavy (non-hydrogen) atoms. The molecule has 1 heterocycles. The summed E-state index contributed by atoms with van der Waals surface area (Å²) in [6.45, 7) is 1.90. The number of rotatable bonds is 4. The Kier molecular flexibility index (Phi) is 4.83. The number of carbonyl (C=O) groups is 1. The molecule has 1 amide bonds. The number of nitrogens with one attached hydrogen (secondary N) is 1. The van der Waals surface area contributed by atoms with Crippen molar-refractivity contribution in [3.63, 3.8) is 0 Å². The molecule has 0 aliphatic rings. The monoisotopic (exact) mass is 360 g/mol. The predicted octanol–water partition coefficient (Wildman–Crippen LogP) is 4.07. The number of benzene rings is 2. The number of nitrogens with zero attached hydrogens (tertiary/aromatic N) is 3. The molecule has 0 saturated carbocycles. The Morgan fingerprint density at radius 1 is 1.17 bits per heavy atom. The average molecular weight is 361 g/mol. The molecule has 2 aromatic carbocycles. The van der Waals surface area contributed by atoms with Gasteiger partial charge in [-0.15, -0.1) is 0 Å². The fourth-order valence-electron chi connectivity index (χ4n) is 2.29. The third-order valence-corrected chi connectivity index (χ3v) is 4.16. The van der Waals surface area contributed by atoms with Gasteiger partial charge >= 0.3 is 0 Å². The number of hydrogen-bond acceptors (Lipinski definition) is 3. The number of halogens is 2. The van der Waals surface area contributed by atoms with Gasteiger partial charge in [-0.2, -0.15) is 5.10 Å². The molecule has 1 aromatic heterocycles. The van der Waals surface area contributed by atoms with Gasteiger partial charge in [0.1, 0.15) is 12.7 Å². The number of carbonyl (C=O) groups excluding carboxylic acids is 1. The second-order valence-electron chi connectivity index (χ2n) is 5.25. The third-order valence-electron chi connectivity index (χ3n) is 3.60.